The monoisotopic (exact) mass is 483 g/mol. The number of nitrogens with zero attached hydrogens (tertiary/aromatic N) is 3. The molecule has 33 heavy (non-hydrogen) atoms. The molecule has 0 radical (unpaired) electrons. The van der Waals surface area contributed by atoms with Gasteiger partial charge in [0.2, 0.25) is 0 Å². The first-order valence-electron chi connectivity index (χ1n) is 10.6. The molecular weight excluding hydrogens is 458 g/mol. The third-order valence-corrected chi connectivity index (χ3v) is 9.07. The Labute approximate surface area is 198 Å². The molecule has 2 aromatic carbocycles. The molecule has 0 N–H and O–H groups in total. The van der Waals surface area contributed by atoms with E-state index in [1.54, 1.807) is 43.8 Å². The molecular formula is C24H25N3O4S2. The van der Waals surface area contributed by atoms with Crippen LogP contribution in [0.2, 0.25) is 0 Å². The quantitative estimate of drug-likeness (QED) is 0.500. The number of hydrogen-bond donors (Lipinski definition) is 0. The van der Waals surface area contributed by atoms with Gasteiger partial charge in [-0.05, 0) is 42.7 Å². The molecule has 4 rings (SSSR count). The van der Waals surface area contributed by atoms with Gasteiger partial charge in [0.05, 0.1) is 35.6 Å². The Morgan fingerprint density at radius 1 is 1.12 bits per heavy atom. The number of methoxy groups -OCH3 is 2. The van der Waals surface area contributed by atoms with Crippen molar-refractivity contribution in [3.8, 4) is 17.6 Å². The van der Waals surface area contributed by atoms with E-state index in [2.05, 4.69) is 4.90 Å². The molecule has 1 aliphatic rings. The highest BCUT2D eigenvalue weighted by Crippen LogP contribution is 2.31. The number of nitriles is 1. The van der Waals surface area contributed by atoms with Crippen LogP contribution >= 0.6 is 11.3 Å². The van der Waals surface area contributed by atoms with Gasteiger partial charge in [0.1, 0.15) is 17.6 Å². The number of hydrogen-bond acceptors (Lipinski definition) is 8. The first-order chi connectivity index (χ1) is 15.9. The Morgan fingerprint density at radius 3 is 2.42 bits per heavy atom. The predicted molar refractivity (Wildman–Crippen MR) is 128 cm³/mol. The second-order valence-corrected chi connectivity index (χ2v) is 10.9. The zero-order chi connectivity index (χ0) is 23.4. The fraction of sp³-hybridized carbons (Fsp3) is 0.333. The molecule has 172 valence electrons. The van der Waals surface area contributed by atoms with Gasteiger partial charge in [0.25, 0.3) is 0 Å². The standard InChI is InChI=1S/C24H25N3O4S2/c1-30-20-12-17(13-21(14-20)31-2)11-19-16-32-24(26-19)27-9-7-22(8-10-27)33(28,29)23-6-4-3-5-18(23)15-25/h3-6,12-14,16,22H,7-11H2,1-2H3. The van der Waals surface area contributed by atoms with Crippen molar-refractivity contribution in [3.05, 3.63) is 64.7 Å². The topological polar surface area (TPSA) is 92.5 Å². The van der Waals surface area contributed by atoms with E-state index < -0.39 is 15.1 Å². The van der Waals surface area contributed by atoms with E-state index in [-0.39, 0.29) is 10.5 Å². The second kappa shape index (κ2) is 9.81. The second-order valence-electron chi connectivity index (χ2n) is 7.86. The lowest BCUT2D eigenvalue weighted by Gasteiger charge is -2.31. The predicted octanol–water partition coefficient (Wildman–Crippen LogP) is 4.07. The molecule has 1 saturated heterocycles. The fourth-order valence-electron chi connectivity index (χ4n) is 4.04. The minimum Gasteiger partial charge on any atom is -0.497 e. The Kier molecular flexibility index (Phi) is 6.86. The maximum absolute atomic E-state index is 13.1. The highest BCUT2D eigenvalue weighted by molar-refractivity contribution is 7.92. The van der Waals surface area contributed by atoms with Crippen LogP contribution in [0.15, 0.2) is 52.7 Å². The van der Waals surface area contributed by atoms with Crippen LogP contribution in [0.4, 0.5) is 5.13 Å². The average Bonchev–Trinajstić information content (AvgIpc) is 3.32. The van der Waals surface area contributed by atoms with Crippen molar-refractivity contribution >= 4 is 26.3 Å². The summed E-state index contributed by atoms with van der Waals surface area (Å²) in [5.74, 6) is 1.47. The van der Waals surface area contributed by atoms with Gasteiger partial charge in [0.15, 0.2) is 15.0 Å². The smallest absolute Gasteiger partial charge is 0.185 e. The number of sulfone groups is 1. The van der Waals surface area contributed by atoms with E-state index in [9.17, 15) is 13.7 Å². The summed E-state index contributed by atoms with van der Waals surface area (Å²) in [6, 6.07) is 14.2. The van der Waals surface area contributed by atoms with Crippen molar-refractivity contribution in [1.82, 2.24) is 4.98 Å². The molecule has 1 aliphatic heterocycles. The first kappa shape index (κ1) is 23.1. The molecule has 1 aromatic heterocycles. The number of ether oxygens (including phenoxy) is 2. The molecule has 0 atom stereocenters. The van der Waals surface area contributed by atoms with Gasteiger partial charge < -0.3 is 14.4 Å². The summed E-state index contributed by atoms with van der Waals surface area (Å²) < 4.78 is 36.9. The molecule has 0 bridgehead atoms. The first-order valence-corrected chi connectivity index (χ1v) is 13.0. The van der Waals surface area contributed by atoms with Crippen LogP contribution in [0, 0.1) is 11.3 Å². The van der Waals surface area contributed by atoms with Gasteiger partial charge in [-0.2, -0.15) is 5.26 Å². The van der Waals surface area contributed by atoms with Gasteiger partial charge >= 0.3 is 0 Å². The molecule has 0 aliphatic carbocycles. The van der Waals surface area contributed by atoms with Gasteiger partial charge in [-0.25, -0.2) is 13.4 Å². The largest absolute Gasteiger partial charge is 0.497 e. The summed E-state index contributed by atoms with van der Waals surface area (Å²) in [7, 11) is -0.295. The maximum atomic E-state index is 13.1. The van der Waals surface area contributed by atoms with Crippen LogP contribution in [-0.4, -0.2) is 46.0 Å². The molecule has 0 spiro atoms. The van der Waals surface area contributed by atoms with Crippen LogP contribution in [0.5, 0.6) is 11.5 Å². The molecule has 0 unspecified atom stereocenters. The molecule has 1 fully saturated rings. The summed E-state index contributed by atoms with van der Waals surface area (Å²) in [4.78, 5) is 7.06. The van der Waals surface area contributed by atoms with Crippen LogP contribution < -0.4 is 14.4 Å². The Bertz CT molecular complexity index is 1250. The van der Waals surface area contributed by atoms with Crippen LogP contribution in [0.1, 0.15) is 29.7 Å². The normalized spacial score (nSPS) is 14.6. The number of rotatable bonds is 7. The zero-order valence-electron chi connectivity index (χ0n) is 18.5. The Hall–Kier alpha value is -3.09. The number of benzene rings is 2. The average molecular weight is 484 g/mol. The summed E-state index contributed by atoms with van der Waals surface area (Å²) in [5.41, 5.74) is 2.20. The van der Waals surface area contributed by atoms with Gasteiger partial charge in [-0.3, -0.25) is 0 Å². The summed E-state index contributed by atoms with van der Waals surface area (Å²) in [6.07, 6.45) is 1.66. The van der Waals surface area contributed by atoms with Crippen molar-refractivity contribution in [2.45, 2.75) is 29.4 Å². The minimum absolute atomic E-state index is 0.135. The van der Waals surface area contributed by atoms with E-state index in [0.29, 0.717) is 32.4 Å². The highest BCUT2D eigenvalue weighted by atomic mass is 32.2. The van der Waals surface area contributed by atoms with Gasteiger partial charge in [-0.1, -0.05) is 12.1 Å². The minimum atomic E-state index is -3.55. The summed E-state index contributed by atoms with van der Waals surface area (Å²) in [5, 5.41) is 11.7. The van der Waals surface area contributed by atoms with Gasteiger partial charge in [0, 0.05) is 31.0 Å². The van der Waals surface area contributed by atoms with Crippen LogP contribution in [-0.2, 0) is 16.3 Å². The molecule has 0 saturated carbocycles. The molecule has 3 aromatic rings. The SMILES string of the molecule is COc1cc(Cc2csc(N3CCC(S(=O)(=O)c4ccccc4C#N)CC3)n2)cc(OC)c1. The number of piperidine rings is 1. The van der Waals surface area contributed by atoms with E-state index in [0.717, 1.165) is 27.9 Å². The third kappa shape index (κ3) is 4.97. The van der Waals surface area contributed by atoms with Crippen molar-refractivity contribution in [2.75, 3.05) is 32.2 Å². The number of aromatic nitrogens is 1. The molecule has 2 heterocycles. The zero-order valence-corrected chi connectivity index (χ0v) is 20.2. The lowest BCUT2D eigenvalue weighted by molar-refractivity contribution is 0.393. The van der Waals surface area contributed by atoms with Crippen LogP contribution in [0.25, 0.3) is 0 Å². The van der Waals surface area contributed by atoms with E-state index in [1.165, 1.54) is 6.07 Å². The Morgan fingerprint density at radius 2 is 1.79 bits per heavy atom. The maximum Gasteiger partial charge on any atom is 0.185 e. The van der Waals surface area contributed by atoms with Gasteiger partial charge in [-0.15, -0.1) is 11.3 Å². The Balaban J connectivity index is 1.43. The fourth-order valence-corrected chi connectivity index (χ4v) is 6.80. The van der Waals surface area contributed by atoms with Crippen molar-refractivity contribution in [3.63, 3.8) is 0 Å². The molecule has 9 heteroatoms. The van der Waals surface area contributed by atoms with Crippen molar-refractivity contribution in [1.29, 1.82) is 5.26 Å². The van der Waals surface area contributed by atoms with Crippen LogP contribution in [0.3, 0.4) is 0 Å². The lowest BCUT2D eigenvalue weighted by Crippen LogP contribution is -2.39. The highest BCUT2D eigenvalue weighted by Gasteiger charge is 2.33. The summed E-state index contributed by atoms with van der Waals surface area (Å²) in [6.45, 7) is 1.22. The number of anilines is 1. The number of thiazole rings is 1. The molecule has 7 nitrogen and oxygen atoms in total. The van der Waals surface area contributed by atoms with E-state index in [4.69, 9.17) is 14.5 Å². The van der Waals surface area contributed by atoms with Crippen molar-refractivity contribution < 1.29 is 17.9 Å². The summed E-state index contributed by atoms with van der Waals surface area (Å²) >= 11 is 1.57. The van der Waals surface area contributed by atoms with E-state index in [1.807, 2.05) is 29.6 Å². The van der Waals surface area contributed by atoms with E-state index >= 15 is 0 Å². The third-order valence-electron chi connectivity index (χ3n) is 5.80. The lowest BCUT2D eigenvalue weighted by atomic mass is 10.1. The van der Waals surface area contributed by atoms with Crippen molar-refractivity contribution in [2.24, 2.45) is 0 Å². The molecule has 0 amide bonds.